The number of alkyl carbamates (subject to hydrolysis) is 1. The fourth-order valence-electron chi connectivity index (χ4n) is 1.64. The van der Waals surface area contributed by atoms with Crippen molar-refractivity contribution in [3.05, 3.63) is 0 Å². The molecule has 0 radical (unpaired) electrons. The zero-order valence-corrected chi connectivity index (χ0v) is 11.9. The Bertz CT molecular complexity index is 306. The number of hydrogen-bond acceptors (Lipinski definition) is 5. The lowest BCUT2D eigenvalue weighted by Crippen LogP contribution is -2.38. The van der Waals surface area contributed by atoms with Gasteiger partial charge in [-0.1, -0.05) is 6.92 Å². The van der Waals surface area contributed by atoms with Crippen molar-refractivity contribution < 1.29 is 24.2 Å². The molecular weight excluding hydrogens is 252 g/mol. The molecule has 2 atom stereocenters. The van der Waals surface area contributed by atoms with E-state index in [1.54, 1.807) is 13.8 Å². The molecule has 112 valence electrons. The quantitative estimate of drug-likeness (QED) is 0.642. The smallest absolute Gasteiger partial charge is 0.407 e. The molecule has 0 fully saturated rings. The van der Waals surface area contributed by atoms with Gasteiger partial charge >= 0.3 is 12.2 Å². The van der Waals surface area contributed by atoms with E-state index in [0.29, 0.717) is 6.42 Å². The van der Waals surface area contributed by atoms with Crippen LogP contribution in [0.1, 0.15) is 34.1 Å². The highest BCUT2D eigenvalue weighted by Gasteiger charge is 2.30. The van der Waals surface area contributed by atoms with Gasteiger partial charge in [0.05, 0.1) is 6.10 Å². The fraction of sp³-hybridized carbons (Fsp3) is 0.833. The summed E-state index contributed by atoms with van der Waals surface area (Å²) in [5, 5.41) is 12.0. The van der Waals surface area contributed by atoms with Gasteiger partial charge in [-0.15, -0.1) is 0 Å². The standard InChI is InChI=1S/C12H24N2O5/c1-8(2)14-11(17)19-7-12(4,5-9(3)15)6-18-10(13)16/h8-9,15H,5-7H2,1-4H3,(H2,13,16)(H,14,17)/t9-,12+/m0/s1. The number of nitrogens with two attached hydrogens (primary N) is 1. The maximum atomic E-state index is 11.4. The molecule has 0 rings (SSSR count). The highest BCUT2D eigenvalue weighted by Crippen LogP contribution is 2.24. The van der Waals surface area contributed by atoms with E-state index in [1.165, 1.54) is 0 Å². The maximum absolute atomic E-state index is 11.4. The van der Waals surface area contributed by atoms with Crippen molar-refractivity contribution in [1.29, 1.82) is 0 Å². The number of primary amides is 1. The van der Waals surface area contributed by atoms with Gasteiger partial charge in [0.1, 0.15) is 13.2 Å². The summed E-state index contributed by atoms with van der Waals surface area (Å²) >= 11 is 0. The second kappa shape index (κ2) is 7.83. The topological polar surface area (TPSA) is 111 Å². The Morgan fingerprint density at radius 3 is 2.21 bits per heavy atom. The van der Waals surface area contributed by atoms with Gasteiger partial charge in [-0.05, 0) is 27.2 Å². The molecule has 0 saturated heterocycles. The Morgan fingerprint density at radius 2 is 1.79 bits per heavy atom. The van der Waals surface area contributed by atoms with E-state index >= 15 is 0 Å². The average Bonchev–Trinajstić information content (AvgIpc) is 2.22. The molecule has 2 amide bonds. The molecule has 0 aliphatic rings. The van der Waals surface area contributed by atoms with Crippen molar-refractivity contribution in [1.82, 2.24) is 5.32 Å². The monoisotopic (exact) mass is 276 g/mol. The highest BCUT2D eigenvalue weighted by molar-refractivity contribution is 5.67. The molecule has 0 unspecified atom stereocenters. The molecule has 0 aromatic heterocycles. The van der Waals surface area contributed by atoms with Crippen LogP contribution >= 0.6 is 0 Å². The van der Waals surface area contributed by atoms with E-state index < -0.39 is 23.7 Å². The summed E-state index contributed by atoms with van der Waals surface area (Å²) in [7, 11) is 0. The van der Waals surface area contributed by atoms with Gasteiger partial charge < -0.3 is 25.6 Å². The van der Waals surface area contributed by atoms with Crippen LogP contribution in [0.4, 0.5) is 9.59 Å². The average molecular weight is 276 g/mol. The van der Waals surface area contributed by atoms with Crippen LogP contribution in [0.25, 0.3) is 0 Å². The van der Waals surface area contributed by atoms with Crippen LogP contribution in [-0.4, -0.2) is 42.7 Å². The Balaban J connectivity index is 4.40. The first-order valence-electron chi connectivity index (χ1n) is 6.18. The van der Waals surface area contributed by atoms with E-state index in [4.69, 9.17) is 15.2 Å². The molecule has 0 aliphatic heterocycles. The van der Waals surface area contributed by atoms with Gasteiger partial charge in [-0.25, -0.2) is 9.59 Å². The first-order valence-corrected chi connectivity index (χ1v) is 6.18. The summed E-state index contributed by atoms with van der Waals surface area (Å²) in [6.07, 6.45) is -1.75. The largest absolute Gasteiger partial charge is 0.449 e. The van der Waals surface area contributed by atoms with E-state index in [1.807, 2.05) is 13.8 Å². The number of hydrogen-bond donors (Lipinski definition) is 3. The van der Waals surface area contributed by atoms with Gasteiger partial charge in [0.25, 0.3) is 0 Å². The van der Waals surface area contributed by atoms with Crippen LogP contribution in [0.2, 0.25) is 0 Å². The Labute approximate surface area is 113 Å². The van der Waals surface area contributed by atoms with Crippen LogP contribution in [-0.2, 0) is 9.47 Å². The van der Waals surface area contributed by atoms with Crippen LogP contribution < -0.4 is 11.1 Å². The van der Waals surface area contributed by atoms with Crippen molar-refractivity contribution in [2.75, 3.05) is 13.2 Å². The summed E-state index contributed by atoms with van der Waals surface area (Å²) in [4.78, 5) is 22.0. The van der Waals surface area contributed by atoms with Gasteiger partial charge in [-0.2, -0.15) is 0 Å². The minimum Gasteiger partial charge on any atom is -0.449 e. The molecule has 19 heavy (non-hydrogen) atoms. The third-order valence-electron chi connectivity index (χ3n) is 2.31. The van der Waals surface area contributed by atoms with Crippen molar-refractivity contribution >= 4 is 12.2 Å². The molecule has 7 heteroatoms. The molecule has 0 heterocycles. The Hall–Kier alpha value is -1.50. The lowest BCUT2D eigenvalue weighted by atomic mass is 9.86. The molecule has 0 aromatic carbocycles. The number of ether oxygens (including phenoxy) is 2. The molecular formula is C12H24N2O5. The number of aliphatic hydroxyl groups is 1. The molecule has 0 saturated carbocycles. The maximum Gasteiger partial charge on any atom is 0.407 e. The molecule has 0 bridgehead atoms. The van der Waals surface area contributed by atoms with Crippen LogP contribution in [0.15, 0.2) is 0 Å². The highest BCUT2D eigenvalue weighted by atomic mass is 16.6. The lowest BCUT2D eigenvalue weighted by Gasteiger charge is -2.29. The van der Waals surface area contributed by atoms with E-state index in [2.05, 4.69) is 5.32 Å². The first-order chi connectivity index (χ1) is 8.64. The zero-order valence-electron chi connectivity index (χ0n) is 11.9. The van der Waals surface area contributed by atoms with Crippen molar-refractivity contribution in [3.63, 3.8) is 0 Å². The minimum absolute atomic E-state index is 0.0176. The minimum atomic E-state index is -0.900. The summed E-state index contributed by atoms with van der Waals surface area (Å²) < 4.78 is 9.80. The van der Waals surface area contributed by atoms with Gasteiger partial charge in [0, 0.05) is 11.5 Å². The SMILES string of the molecule is CC(C)NC(=O)OC[C@@](C)(COC(N)=O)C[C@H](C)O. The number of amides is 2. The van der Waals surface area contributed by atoms with Crippen LogP contribution in [0, 0.1) is 5.41 Å². The number of rotatable bonds is 7. The van der Waals surface area contributed by atoms with E-state index in [-0.39, 0.29) is 19.3 Å². The van der Waals surface area contributed by atoms with Crippen LogP contribution in [0.5, 0.6) is 0 Å². The van der Waals surface area contributed by atoms with Crippen molar-refractivity contribution in [2.24, 2.45) is 11.1 Å². The third kappa shape index (κ3) is 9.12. The van der Waals surface area contributed by atoms with Gasteiger partial charge in [-0.3, -0.25) is 0 Å². The fourth-order valence-corrected chi connectivity index (χ4v) is 1.64. The Kier molecular flexibility index (Phi) is 7.21. The number of nitrogens with one attached hydrogen (secondary N) is 1. The predicted molar refractivity (Wildman–Crippen MR) is 69.6 cm³/mol. The predicted octanol–water partition coefficient (Wildman–Crippen LogP) is 0.994. The number of carbonyl (C=O) groups is 2. The Morgan fingerprint density at radius 1 is 1.26 bits per heavy atom. The zero-order chi connectivity index (χ0) is 15.1. The van der Waals surface area contributed by atoms with Crippen LogP contribution in [0.3, 0.4) is 0 Å². The summed E-state index contributed by atoms with van der Waals surface area (Å²) in [5.41, 5.74) is 4.23. The normalized spacial score (nSPS) is 15.5. The third-order valence-corrected chi connectivity index (χ3v) is 2.31. The number of aliphatic hydroxyl groups excluding tert-OH is 1. The van der Waals surface area contributed by atoms with E-state index in [0.717, 1.165) is 0 Å². The summed E-state index contributed by atoms with van der Waals surface area (Å²) in [5.74, 6) is 0. The van der Waals surface area contributed by atoms with Crippen molar-refractivity contribution in [2.45, 2.75) is 46.3 Å². The molecule has 0 aliphatic carbocycles. The molecule has 0 spiro atoms. The second-order valence-electron chi connectivity index (χ2n) is 5.35. The molecule has 4 N–H and O–H groups in total. The number of carbonyl (C=O) groups excluding carboxylic acids is 2. The van der Waals surface area contributed by atoms with Gasteiger partial charge in [0.2, 0.25) is 0 Å². The van der Waals surface area contributed by atoms with E-state index in [9.17, 15) is 14.7 Å². The summed E-state index contributed by atoms with van der Waals surface area (Å²) in [6.45, 7) is 6.97. The summed E-state index contributed by atoms with van der Waals surface area (Å²) in [6, 6.07) is -0.0302. The molecule has 0 aromatic rings. The first kappa shape index (κ1) is 17.5. The lowest BCUT2D eigenvalue weighted by molar-refractivity contribution is 0.00790. The van der Waals surface area contributed by atoms with Gasteiger partial charge in [0.15, 0.2) is 0 Å². The van der Waals surface area contributed by atoms with Crippen molar-refractivity contribution in [3.8, 4) is 0 Å². The molecule has 7 nitrogen and oxygen atoms in total. The second-order valence-corrected chi connectivity index (χ2v) is 5.35.